The molecule has 1 amide bonds. The smallest absolute Gasteiger partial charge is 0.266 e. The predicted molar refractivity (Wildman–Crippen MR) is 133 cm³/mol. The molecule has 0 aliphatic carbocycles. The number of nitrogens with one attached hydrogen (secondary N) is 1. The van der Waals surface area contributed by atoms with Crippen molar-refractivity contribution < 1.29 is 23.2 Å². The van der Waals surface area contributed by atoms with Gasteiger partial charge in [0.2, 0.25) is 10.0 Å². The number of carbonyl (C=O) groups excluding carboxylic acids is 1. The first-order valence-electron chi connectivity index (χ1n) is 10.9. The molecule has 2 N–H and O–H groups in total. The molecule has 2 heterocycles. The molecular weight excluding hydrogens is 491 g/mol. The number of hydrogen-bond acceptors (Lipinski definition) is 7. The summed E-state index contributed by atoms with van der Waals surface area (Å²) in [6, 6.07) is 7.85. The van der Waals surface area contributed by atoms with Crippen molar-refractivity contribution >= 4 is 46.4 Å². The van der Waals surface area contributed by atoms with Gasteiger partial charge in [-0.3, -0.25) is 10.0 Å². The SMILES string of the molecule is CCCCOc1ccc(N2CCN(S(=O)(=O)C3(C(=O)NO)CCN(C)CC3)CC2)cc1.Cl.Cl. The van der Waals surface area contributed by atoms with Gasteiger partial charge in [0.1, 0.15) is 5.75 Å². The van der Waals surface area contributed by atoms with Gasteiger partial charge >= 0.3 is 0 Å². The minimum absolute atomic E-state index is 0. The number of anilines is 1. The number of piperazine rings is 1. The van der Waals surface area contributed by atoms with Crippen LogP contribution >= 0.6 is 24.8 Å². The van der Waals surface area contributed by atoms with E-state index in [1.165, 1.54) is 4.31 Å². The molecule has 190 valence electrons. The summed E-state index contributed by atoms with van der Waals surface area (Å²) in [6.07, 6.45) is 2.43. The van der Waals surface area contributed by atoms with E-state index in [2.05, 4.69) is 11.8 Å². The molecule has 0 bridgehead atoms. The summed E-state index contributed by atoms with van der Waals surface area (Å²) in [5.41, 5.74) is 2.62. The summed E-state index contributed by atoms with van der Waals surface area (Å²) in [7, 11) is -2.02. The third kappa shape index (κ3) is 6.43. The molecule has 0 aromatic heterocycles. The molecule has 0 spiro atoms. The Bertz CT molecular complexity index is 841. The van der Waals surface area contributed by atoms with Crippen molar-refractivity contribution in [2.75, 3.05) is 57.8 Å². The summed E-state index contributed by atoms with van der Waals surface area (Å²) >= 11 is 0. The molecule has 2 aliphatic rings. The van der Waals surface area contributed by atoms with Crippen molar-refractivity contribution in [1.29, 1.82) is 0 Å². The second kappa shape index (κ2) is 13.0. The lowest BCUT2D eigenvalue weighted by Crippen LogP contribution is -2.63. The van der Waals surface area contributed by atoms with E-state index >= 15 is 0 Å². The number of halogens is 2. The Morgan fingerprint density at radius 3 is 2.15 bits per heavy atom. The molecule has 0 unspecified atom stereocenters. The number of sulfonamides is 1. The second-order valence-electron chi connectivity index (χ2n) is 8.33. The van der Waals surface area contributed by atoms with Crippen LogP contribution in [0, 0.1) is 0 Å². The first-order chi connectivity index (χ1) is 14.8. The molecule has 1 aromatic carbocycles. The summed E-state index contributed by atoms with van der Waals surface area (Å²) in [5.74, 6) is -0.000621. The first-order valence-corrected chi connectivity index (χ1v) is 12.4. The fraction of sp³-hybridized carbons (Fsp3) is 0.667. The molecule has 0 saturated carbocycles. The number of unbranched alkanes of at least 4 members (excludes halogenated alkanes) is 1. The van der Waals surface area contributed by atoms with E-state index < -0.39 is 20.7 Å². The highest BCUT2D eigenvalue weighted by atomic mass is 35.5. The molecule has 2 fully saturated rings. The van der Waals surface area contributed by atoms with Crippen LogP contribution < -0.4 is 15.1 Å². The number of nitrogens with zero attached hydrogens (tertiary/aromatic N) is 3. The summed E-state index contributed by atoms with van der Waals surface area (Å²) in [6.45, 7) is 5.46. The van der Waals surface area contributed by atoms with Crippen LogP contribution in [0.25, 0.3) is 0 Å². The Hall–Kier alpha value is -1.30. The van der Waals surface area contributed by atoms with E-state index in [4.69, 9.17) is 4.74 Å². The van der Waals surface area contributed by atoms with Crippen molar-refractivity contribution in [2.45, 2.75) is 37.4 Å². The third-order valence-electron chi connectivity index (χ3n) is 6.35. The van der Waals surface area contributed by atoms with Crippen LogP contribution in [0.2, 0.25) is 0 Å². The van der Waals surface area contributed by atoms with Gasteiger partial charge in [-0.2, -0.15) is 4.31 Å². The van der Waals surface area contributed by atoms with Crippen LogP contribution in [-0.2, 0) is 14.8 Å². The van der Waals surface area contributed by atoms with Crippen LogP contribution in [0.4, 0.5) is 5.69 Å². The lowest BCUT2D eigenvalue weighted by Gasteiger charge is -2.43. The lowest BCUT2D eigenvalue weighted by atomic mass is 9.95. The number of likely N-dealkylation sites (tertiary alicyclic amines) is 1. The zero-order valence-corrected chi connectivity index (χ0v) is 21.7. The average molecular weight is 528 g/mol. The Balaban J connectivity index is 0.00000272. The minimum Gasteiger partial charge on any atom is -0.494 e. The maximum Gasteiger partial charge on any atom is 0.266 e. The number of carbonyl (C=O) groups is 1. The maximum atomic E-state index is 13.5. The van der Waals surface area contributed by atoms with E-state index in [1.807, 2.05) is 36.2 Å². The van der Waals surface area contributed by atoms with Gasteiger partial charge in [-0.05, 0) is 63.7 Å². The highest BCUT2D eigenvalue weighted by Gasteiger charge is 2.54. The van der Waals surface area contributed by atoms with Gasteiger partial charge in [0, 0.05) is 31.9 Å². The molecule has 1 aromatic rings. The van der Waals surface area contributed by atoms with Gasteiger partial charge in [-0.1, -0.05) is 13.3 Å². The van der Waals surface area contributed by atoms with Crippen LogP contribution in [-0.4, -0.2) is 86.4 Å². The predicted octanol–water partition coefficient (Wildman–Crippen LogP) is 2.13. The first kappa shape index (κ1) is 29.7. The second-order valence-corrected chi connectivity index (χ2v) is 10.6. The lowest BCUT2D eigenvalue weighted by molar-refractivity contribution is -0.133. The molecule has 33 heavy (non-hydrogen) atoms. The van der Waals surface area contributed by atoms with Gasteiger partial charge in [-0.15, -0.1) is 24.8 Å². The molecule has 3 rings (SSSR count). The van der Waals surface area contributed by atoms with Crippen LogP contribution in [0.1, 0.15) is 32.6 Å². The zero-order valence-electron chi connectivity index (χ0n) is 19.2. The van der Waals surface area contributed by atoms with E-state index in [0.29, 0.717) is 45.9 Å². The summed E-state index contributed by atoms with van der Waals surface area (Å²) in [5, 5.41) is 9.25. The molecule has 2 aliphatic heterocycles. The topological polar surface area (TPSA) is 102 Å². The minimum atomic E-state index is -3.92. The molecule has 9 nitrogen and oxygen atoms in total. The van der Waals surface area contributed by atoms with Gasteiger partial charge in [0.25, 0.3) is 5.91 Å². The standard InChI is InChI=1S/C21H34N4O5S.2ClH/c1-3-4-17-30-19-7-5-18(6-8-19)24-13-15-25(16-14-24)31(28,29)21(20(26)22-27)9-11-23(2)12-10-21;;/h5-8,27H,3-4,9-17H2,1-2H3,(H,22,26);2*1H. The normalized spacial score (nSPS) is 19.2. The largest absolute Gasteiger partial charge is 0.494 e. The highest BCUT2D eigenvalue weighted by Crippen LogP contribution is 2.34. The number of hydrogen-bond donors (Lipinski definition) is 2. The van der Waals surface area contributed by atoms with Gasteiger partial charge in [-0.25, -0.2) is 13.9 Å². The number of piperidine rings is 1. The van der Waals surface area contributed by atoms with Crippen molar-refractivity contribution in [2.24, 2.45) is 0 Å². The monoisotopic (exact) mass is 526 g/mol. The molecule has 12 heteroatoms. The highest BCUT2D eigenvalue weighted by molar-refractivity contribution is 7.91. The summed E-state index contributed by atoms with van der Waals surface area (Å²) < 4.78 is 32.5. The Kier molecular flexibility index (Phi) is 11.7. The average Bonchev–Trinajstić information content (AvgIpc) is 2.80. The maximum absolute atomic E-state index is 13.5. The summed E-state index contributed by atoms with van der Waals surface area (Å²) in [4.78, 5) is 16.6. The Labute approximate surface area is 209 Å². The van der Waals surface area contributed by atoms with Gasteiger partial charge in [0.15, 0.2) is 4.75 Å². The third-order valence-corrected chi connectivity index (χ3v) is 8.98. The molecule has 0 atom stereocenters. The molecule has 0 radical (unpaired) electrons. The van der Waals surface area contributed by atoms with Crippen molar-refractivity contribution in [3.8, 4) is 5.75 Å². The molecule has 2 saturated heterocycles. The van der Waals surface area contributed by atoms with E-state index in [-0.39, 0.29) is 37.7 Å². The van der Waals surface area contributed by atoms with Crippen molar-refractivity contribution in [1.82, 2.24) is 14.7 Å². The van der Waals surface area contributed by atoms with Crippen LogP contribution in [0.15, 0.2) is 24.3 Å². The van der Waals surface area contributed by atoms with E-state index in [1.54, 1.807) is 5.48 Å². The van der Waals surface area contributed by atoms with Crippen LogP contribution in [0.3, 0.4) is 0 Å². The van der Waals surface area contributed by atoms with E-state index in [0.717, 1.165) is 24.3 Å². The van der Waals surface area contributed by atoms with Crippen molar-refractivity contribution in [3.63, 3.8) is 0 Å². The number of amides is 1. The zero-order chi connectivity index (χ0) is 22.5. The van der Waals surface area contributed by atoms with Crippen LogP contribution in [0.5, 0.6) is 5.75 Å². The number of rotatable bonds is 8. The van der Waals surface area contributed by atoms with Crippen molar-refractivity contribution in [3.05, 3.63) is 24.3 Å². The Morgan fingerprint density at radius 2 is 1.64 bits per heavy atom. The quantitative estimate of drug-likeness (QED) is 0.303. The Morgan fingerprint density at radius 1 is 1.06 bits per heavy atom. The number of hydroxylamine groups is 1. The fourth-order valence-electron chi connectivity index (χ4n) is 4.21. The van der Waals surface area contributed by atoms with Gasteiger partial charge < -0.3 is 14.5 Å². The molecular formula is C21H36Cl2N4O5S. The fourth-order valence-corrected chi connectivity index (χ4v) is 6.32. The number of benzene rings is 1. The number of ether oxygens (including phenoxy) is 1. The van der Waals surface area contributed by atoms with Gasteiger partial charge in [0.05, 0.1) is 6.61 Å². The van der Waals surface area contributed by atoms with E-state index in [9.17, 15) is 18.4 Å².